The predicted molar refractivity (Wildman–Crippen MR) is 222 cm³/mol. The lowest BCUT2D eigenvalue weighted by atomic mass is 10.1. The van der Waals surface area contributed by atoms with E-state index in [1.165, 1.54) is 19.8 Å². The fraction of sp³-hybridized carbons (Fsp3) is 0.349. The molecule has 3 N–H and O–H groups in total. The molecule has 0 saturated heterocycles. The average molecular weight is 790 g/mol. The summed E-state index contributed by atoms with van der Waals surface area (Å²) >= 11 is 0. The van der Waals surface area contributed by atoms with Crippen molar-refractivity contribution in [3.05, 3.63) is 123 Å². The highest BCUT2D eigenvalue weighted by Crippen LogP contribution is 2.31. The van der Waals surface area contributed by atoms with Gasteiger partial charge in [0.25, 0.3) is 11.8 Å². The molecule has 5 aromatic rings. The molecule has 0 saturated carbocycles. The monoisotopic (exact) mass is 789 g/mol. The minimum Gasteiger partial charge on any atom is -0.465 e. The van der Waals surface area contributed by atoms with Gasteiger partial charge in [-0.05, 0) is 80.8 Å². The summed E-state index contributed by atoms with van der Waals surface area (Å²) in [5.74, 6) is 0.560. The van der Waals surface area contributed by atoms with Crippen molar-refractivity contribution >= 4 is 41.1 Å². The molecular formula is C43H51N9O6. The van der Waals surface area contributed by atoms with Crippen molar-refractivity contribution < 1.29 is 28.7 Å². The van der Waals surface area contributed by atoms with E-state index in [9.17, 15) is 19.2 Å². The molecule has 0 aliphatic carbocycles. The predicted octanol–water partition coefficient (Wildman–Crippen LogP) is 5.45. The van der Waals surface area contributed by atoms with Crippen LogP contribution >= 0.6 is 0 Å². The van der Waals surface area contributed by atoms with Gasteiger partial charge in [-0.1, -0.05) is 36.4 Å². The van der Waals surface area contributed by atoms with Gasteiger partial charge < -0.3 is 35.2 Å². The molecule has 15 nitrogen and oxygen atoms in total. The number of nitrogens with one attached hydrogen (secondary N) is 3. The fourth-order valence-electron chi connectivity index (χ4n) is 7.14. The number of nitrogens with zero attached hydrogens (tertiary/aromatic N) is 6. The first-order valence-corrected chi connectivity index (χ1v) is 19.2. The molecule has 58 heavy (non-hydrogen) atoms. The molecule has 0 bridgehead atoms. The molecule has 2 amide bonds. The highest BCUT2D eigenvalue weighted by molar-refractivity contribution is 6.01. The zero-order valence-electron chi connectivity index (χ0n) is 34.3. The number of rotatable bonds is 11. The van der Waals surface area contributed by atoms with Gasteiger partial charge in [0.05, 0.1) is 61.9 Å². The Morgan fingerprint density at radius 3 is 1.72 bits per heavy atom. The van der Waals surface area contributed by atoms with Crippen LogP contribution in [-0.4, -0.2) is 84.7 Å². The zero-order chi connectivity index (χ0) is 41.7. The summed E-state index contributed by atoms with van der Waals surface area (Å²) in [5.41, 5.74) is 7.73. The second kappa shape index (κ2) is 17.7. The highest BCUT2D eigenvalue weighted by atomic mass is 16.5. The molecule has 304 valence electrons. The molecule has 7 rings (SSSR count). The molecule has 2 aromatic heterocycles. The largest absolute Gasteiger partial charge is 0.465 e. The van der Waals surface area contributed by atoms with E-state index in [1.807, 2.05) is 75.4 Å². The molecule has 3 aromatic carbocycles. The van der Waals surface area contributed by atoms with Crippen LogP contribution in [0.2, 0.25) is 0 Å². The number of hydrogen-bond acceptors (Lipinski definition) is 11. The summed E-state index contributed by atoms with van der Waals surface area (Å²) in [4.78, 5) is 53.4. The van der Waals surface area contributed by atoms with Crippen LogP contribution < -0.4 is 25.8 Å². The Balaban J connectivity index is 0.000000208. The standard InChI is InChI=1S/C26H31N5O3.C17H20N4O3/c1-17(20-8-10-21(11-9-20)26(33)34-5)27-24(32)23-18(2)28-31-15-14-30(25(23)31)16-19-6-12-22(13-7-19)29(3)4;1-10(12-4-6-13(7-5-12)17(23)24-3)19-16(22)14-11(2)20-21-9-8-18-15(14)21/h6-13,17H,14-16H2,1-5H3,(H,27,32);4-7,10,18H,8-9H2,1-3H3,(H,19,22)/t17-;10-/m00/s1. The maximum atomic E-state index is 13.3. The number of esters is 2. The summed E-state index contributed by atoms with van der Waals surface area (Å²) in [6, 6.07) is 22.1. The van der Waals surface area contributed by atoms with E-state index in [4.69, 9.17) is 4.74 Å². The number of aryl methyl sites for hydroxylation is 2. The molecule has 2 aliphatic heterocycles. The molecule has 0 unspecified atom stereocenters. The van der Waals surface area contributed by atoms with E-state index in [1.54, 1.807) is 24.3 Å². The van der Waals surface area contributed by atoms with Crippen LogP contribution in [0.15, 0.2) is 72.8 Å². The van der Waals surface area contributed by atoms with Crippen LogP contribution in [0, 0.1) is 13.8 Å². The van der Waals surface area contributed by atoms with Crippen molar-refractivity contribution in [1.29, 1.82) is 0 Å². The third kappa shape index (κ3) is 8.83. The first-order chi connectivity index (χ1) is 27.8. The Labute approximate surface area is 338 Å². The number of ether oxygens (including phenoxy) is 2. The third-order valence-electron chi connectivity index (χ3n) is 10.4. The Morgan fingerprint density at radius 2 is 1.21 bits per heavy atom. The van der Waals surface area contributed by atoms with Crippen molar-refractivity contribution in [2.75, 3.05) is 56.5 Å². The Morgan fingerprint density at radius 1 is 0.707 bits per heavy atom. The number of amides is 2. The SMILES string of the molecule is COC(=O)c1ccc([C@H](C)NC(=O)c2c(C)nn3c2N(Cc2ccc(N(C)C)cc2)CC3)cc1.COC(=O)c1ccc([C@H](C)NC(=O)c2c(C)nn3c2NCC3)cc1. The van der Waals surface area contributed by atoms with Crippen molar-refractivity contribution in [2.24, 2.45) is 0 Å². The first-order valence-electron chi connectivity index (χ1n) is 19.2. The van der Waals surface area contributed by atoms with Gasteiger partial charge in [0.2, 0.25) is 0 Å². The Hall–Kier alpha value is -6.64. The molecule has 0 spiro atoms. The second-order valence-corrected chi connectivity index (χ2v) is 14.6. The number of carbonyl (C=O) groups is 4. The maximum Gasteiger partial charge on any atom is 0.337 e. The lowest BCUT2D eigenvalue weighted by Crippen LogP contribution is -2.29. The quantitative estimate of drug-likeness (QED) is 0.146. The summed E-state index contributed by atoms with van der Waals surface area (Å²) in [5, 5.41) is 18.3. The van der Waals surface area contributed by atoms with Gasteiger partial charge in [0, 0.05) is 39.4 Å². The number of hydrogen-bond donors (Lipinski definition) is 3. The number of carbonyl (C=O) groups excluding carboxylic acids is 4. The topological polar surface area (TPSA) is 165 Å². The van der Waals surface area contributed by atoms with Crippen molar-refractivity contribution in [3.63, 3.8) is 0 Å². The molecule has 4 heterocycles. The number of aromatic nitrogens is 4. The van der Waals surface area contributed by atoms with Crippen molar-refractivity contribution in [1.82, 2.24) is 30.2 Å². The van der Waals surface area contributed by atoms with Gasteiger partial charge in [-0.3, -0.25) is 9.59 Å². The Kier molecular flexibility index (Phi) is 12.5. The lowest BCUT2D eigenvalue weighted by molar-refractivity contribution is 0.0592. The average Bonchev–Trinajstić information content (AvgIpc) is 3.99. The fourth-order valence-corrected chi connectivity index (χ4v) is 7.14. The van der Waals surface area contributed by atoms with Crippen LogP contribution in [0.3, 0.4) is 0 Å². The molecule has 0 fully saturated rings. The Bertz CT molecular complexity index is 2280. The van der Waals surface area contributed by atoms with E-state index in [0.717, 1.165) is 54.6 Å². The van der Waals surface area contributed by atoms with Gasteiger partial charge >= 0.3 is 11.9 Å². The van der Waals surface area contributed by atoms with Gasteiger partial charge in [-0.25, -0.2) is 19.0 Å². The van der Waals surface area contributed by atoms with E-state index < -0.39 is 0 Å². The second-order valence-electron chi connectivity index (χ2n) is 14.6. The molecule has 2 aliphatic rings. The van der Waals surface area contributed by atoms with Crippen LogP contribution in [-0.2, 0) is 29.1 Å². The van der Waals surface area contributed by atoms with Gasteiger partial charge in [0.1, 0.15) is 22.8 Å². The number of anilines is 3. The lowest BCUT2D eigenvalue weighted by Gasteiger charge is -2.21. The summed E-state index contributed by atoms with van der Waals surface area (Å²) < 4.78 is 13.2. The molecule has 0 radical (unpaired) electrons. The minimum absolute atomic E-state index is 0.154. The molecule has 15 heteroatoms. The van der Waals surface area contributed by atoms with E-state index in [2.05, 4.69) is 64.9 Å². The van der Waals surface area contributed by atoms with Crippen LogP contribution in [0.25, 0.3) is 0 Å². The number of benzene rings is 3. The summed E-state index contributed by atoms with van der Waals surface area (Å²) in [6.07, 6.45) is 0. The van der Waals surface area contributed by atoms with Gasteiger partial charge in [-0.2, -0.15) is 10.2 Å². The third-order valence-corrected chi connectivity index (χ3v) is 10.4. The van der Waals surface area contributed by atoms with Crippen LogP contribution in [0.1, 0.15) is 95.4 Å². The van der Waals surface area contributed by atoms with E-state index in [0.29, 0.717) is 40.2 Å². The zero-order valence-corrected chi connectivity index (χ0v) is 34.3. The highest BCUT2D eigenvalue weighted by Gasteiger charge is 2.31. The van der Waals surface area contributed by atoms with Crippen LogP contribution in [0.5, 0.6) is 0 Å². The van der Waals surface area contributed by atoms with E-state index in [-0.39, 0.29) is 35.8 Å². The van der Waals surface area contributed by atoms with E-state index >= 15 is 0 Å². The number of fused-ring (bicyclic) bond motifs is 2. The smallest absolute Gasteiger partial charge is 0.337 e. The molecular weight excluding hydrogens is 739 g/mol. The molecule has 2 atom stereocenters. The van der Waals surface area contributed by atoms with Gasteiger partial charge in [-0.15, -0.1) is 0 Å². The first kappa shape index (κ1) is 41.0. The minimum atomic E-state index is -0.384. The normalized spacial score (nSPS) is 13.6. The summed E-state index contributed by atoms with van der Waals surface area (Å²) in [6.45, 7) is 11.4. The van der Waals surface area contributed by atoms with Gasteiger partial charge in [0.15, 0.2) is 0 Å². The van der Waals surface area contributed by atoms with Crippen molar-refractivity contribution in [2.45, 2.75) is 59.4 Å². The summed E-state index contributed by atoms with van der Waals surface area (Å²) in [7, 11) is 6.75. The van der Waals surface area contributed by atoms with Crippen molar-refractivity contribution in [3.8, 4) is 0 Å². The number of methoxy groups -OCH3 is 2. The van der Waals surface area contributed by atoms with Crippen LogP contribution in [0.4, 0.5) is 17.3 Å². The maximum absolute atomic E-state index is 13.3.